The Morgan fingerprint density at radius 2 is 1.26 bits per heavy atom. The van der Waals surface area contributed by atoms with E-state index < -0.39 is 0 Å². The molecule has 4 rings (SSSR count). The van der Waals surface area contributed by atoms with E-state index in [0.29, 0.717) is 0 Å². The maximum Gasteiger partial charge on any atom is 0.0561 e. The molecule has 1 heterocycles. The molecule has 1 saturated heterocycles. The highest BCUT2D eigenvalue weighted by Gasteiger charge is 2.44. The van der Waals surface area contributed by atoms with E-state index in [4.69, 9.17) is 0 Å². The SMILES string of the molecule is CC1(c2ccccc2)CN(Cc2ccccc2)C(C)(c2ccccc2)CN1. The summed E-state index contributed by atoms with van der Waals surface area (Å²) in [7, 11) is 0. The van der Waals surface area contributed by atoms with Gasteiger partial charge in [-0.3, -0.25) is 4.90 Å². The summed E-state index contributed by atoms with van der Waals surface area (Å²) in [5.41, 5.74) is 3.95. The van der Waals surface area contributed by atoms with Gasteiger partial charge in [0, 0.05) is 19.6 Å². The number of nitrogens with zero attached hydrogens (tertiary/aromatic N) is 1. The number of piperazine rings is 1. The number of benzene rings is 3. The molecule has 1 aliphatic heterocycles. The van der Waals surface area contributed by atoms with Crippen molar-refractivity contribution in [2.24, 2.45) is 0 Å². The smallest absolute Gasteiger partial charge is 0.0561 e. The van der Waals surface area contributed by atoms with Gasteiger partial charge >= 0.3 is 0 Å². The minimum Gasteiger partial charge on any atom is -0.304 e. The van der Waals surface area contributed by atoms with Gasteiger partial charge < -0.3 is 5.32 Å². The number of hydrogen-bond acceptors (Lipinski definition) is 2. The Kier molecular flexibility index (Phi) is 4.86. The van der Waals surface area contributed by atoms with Crippen molar-refractivity contribution in [1.29, 1.82) is 0 Å². The number of hydrogen-bond donors (Lipinski definition) is 1. The summed E-state index contributed by atoms with van der Waals surface area (Å²) in [5.74, 6) is 0. The molecule has 3 aromatic carbocycles. The summed E-state index contributed by atoms with van der Waals surface area (Å²) in [6.45, 7) is 7.50. The normalized spacial score (nSPS) is 26.0. The summed E-state index contributed by atoms with van der Waals surface area (Å²) in [5, 5.41) is 3.87. The first kappa shape index (κ1) is 18.0. The van der Waals surface area contributed by atoms with Gasteiger partial charge in [0.15, 0.2) is 0 Å². The molecular weight excluding hydrogens is 328 g/mol. The first-order valence-electron chi connectivity index (χ1n) is 9.75. The molecule has 138 valence electrons. The second-order valence-corrected chi connectivity index (χ2v) is 8.03. The highest BCUT2D eigenvalue weighted by molar-refractivity contribution is 5.31. The van der Waals surface area contributed by atoms with Crippen molar-refractivity contribution in [3.8, 4) is 0 Å². The van der Waals surface area contributed by atoms with Crippen molar-refractivity contribution >= 4 is 0 Å². The van der Waals surface area contributed by atoms with E-state index >= 15 is 0 Å². The Bertz CT molecular complexity index is 863. The van der Waals surface area contributed by atoms with E-state index in [1.807, 2.05) is 0 Å². The Hall–Kier alpha value is -2.42. The Labute approximate surface area is 162 Å². The molecule has 1 aliphatic rings. The molecule has 0 saturated carbocycles. The van der Waals surface area contributed by atoms with Crippen LogP contribution in [0.3, 0.4) is 0 Å². The standard InChI is InChI=1S/C25H28N2/c1-24(22-14-8-4-9-15-22)20-27(18-21-12-6-3-7-13-21)25(2,19-26-24)23-16-10-5-11-17-23/h3-17,26H,18-20H2,1-2H3. The van der Waals surface area contributed by atoms with Crippen molar-refractivity contribution in [3.05, 3.63) is 108 Å². The second kappa shape index (κ2) is 7.30. The minimum atomic E-state index is -0.0651. The highest BCUT2D eigenvalue weighted by atomic mass is 15.3. The zero-order valence-electron chi connectivity index (χ0n) is 16.2. The molecule has 2 heteroatoms. The van der Waals surface area contributed by atoms with Gasteiger partial charge in [0.25, 0.3) is 0 Å². The van der Waals surface area contributed by atoms with Gasteiger partial charge in [-0.15, -0.1) is 0 Å². The molecule has 2 atom stereocenters. The van der Waals surface area contributed by atoms with E-state index in [9.17, 15) is 0 Å². The highest BCUT2D eigenvalue weighted by Crippen LogP contribution is 2.37. The van der Waals surface area contributed by atoms with Crippen molar-refractivity contribution in [2.75, 3.05) is 13.1 Å². The molecule has 1 fully saturated rings. The third-order valence-corrected chi connectivity index (χ3v) is 6.05. The van der Waals surface area contributed by atoms with E-state index in [1.54, 1.807) is 0 Å². The van der Waals surface area contributed by atoms with Gasteiger partial charge in [0.1, 0.15) is 0 Å². The second-order valence-electron chi connectivity index (χ2n) is 8.03. The van der Waals surface area contributed by atoms with Gasteiger partial charge in [0.2, 0.25) is 0 Å². The summed E-state index contributed by atoms with van der Waals surface area (Å²) < 4.78 is 0. The first-order valence-corrected chi connectivity index (χ1v) is 9.75. The lowest BCUT2D eigenvalue weighted by molar-refractivity contribution is 0.00961. The maximum atomic E-state index is 3.87. The maximum absolute atomic E-state index is 3.87. The van der Waals surface area contributed by atoms with Crippen LogP contribution in [0.1, 0.15) is 30.5 Å². The lowest BCUT2D eigenvalue weighted by atomic mass is 9.80. The topological polar surface area (TPSA) is 15.3 Å². The number of nitrogens with one attached hydrogen (secondary N) is 1. The third-order valence-electron chi connectivity index (χ3n) is 6.05. The summed E-state index contributed by atoms with van der Waals surface area (Å²) >= 11 is 0. The van der Waals surface area contributed by atoms with Crippen LogP contribution in [0.15, 0.2) is 91.0 Å². The van der Waals surface area contributed by atoms with Crippen molar-refractivity contribution in [3.63, 3.8) is 0 Å². The molecular formula is C25H28N2. The van der Waals surface area contributed by atoms with Crippen LogP contribution >= 0.6 is 0 Å². The van der Waals surface area contributed by atoms with Crippen molar-refractivity contribution in [2.45, 2.75) is 31.5 Å². The van der Waals surface area contributed by atoms with Gasteiger partial charge in [-0.1, -0.05) is 91.0 Å². The Morgan fingerprint density at radius 3 is 1.85 bits per heavy atom. The lowest BCUT2D eigenvalue weighted by Gasteiger charge is -2.53. The quantitative estimate of drug-likeness (QED) is 0.713. The Balaban J connectivity index is 1.71. The molecule has 2 nitrogen and oxygen atoms in total. The largest absolute Gasteiger partial charge is 0.304 e. The fourth-order valence-electron chi connectivity index (χ4n) is 4.21. The van der Waals surface area contributed by atoms with Crippen LogP contribution in [0.4, 0.5) is 0 Å². The molecule has 1 N–H and O–H groups in total. The van der Waals surface area contributed by atoms with Gasteiger partial charge in [-0.05, 0) is 30.5 Å². The van der Waals surface area contributed by atoms with Crippen LogP contribution < -0.4 is 5.32 Å². The molecule has 0 spiro atoms. The van der Waals surface area contributed by atoms with E-state index in [1.165, 1.54) is 16.7 Å². The zero-order valence-corrected chi connectivity index (χ0v) is 16.2. The molecule has 0 bridgehead atoms. The molecule has 0 aromatic heterocycles. The summed E-state index contributed by atoms with van der Waals surface area (Å²) in [6.07, 6.45) is 0. The average Bonchev–Trinajstić information content (AvgIpc) is 2.73. The predicted octanol–water partition coefficient (Wildman–Crippen LogP) is 4.92. The molecule has 27 heavy (non-hydrogen) atoms. The van der Waals surface area contributed by atoms with Crippen LogP contribution in [0.25, 0.3) is 0 Å². The fourth-order valence-corrected chi connectivity index (χ4v) is 4.21. The predicted molar refractivity (Wildman–Crippen MR) is 112 cm³/mol. The monoisotopic (exact) mass is 356 g/mol. The van der Waals surface area contributed by atoms with Crippen LogP contribution in [-0.4, -0.2) is 18.0 Å². The summed E-state index contributed by atoms with van der Waals surface area (Å²) in [6, 6.07) is 32.5. The van der Waals surface area contributed by atoms with Gasteiger partial charge in [-0.2, -0.15) is 0 Å². The van der Waals surface area contributed by atoms with Crippen LogP contribution in [0.2, 0.25) is 0 Å². The summed E-state index contributed by atoms with van der Waals surface area (Å²) in [4.78, 5) is 2.64. The Morgan fingerprint density at radius 1 is 0.741 bits per heavy atom. The number of rotatable bonds is 4. The molecule has 2 unspecified atom stereocenters. The van der Waals surface area contributed by atoms with Crippen molar-refractivity contribution in [1.82, 2.24) is 10.2 Å². The molecule has 0 aliphatic carbocycles. The first-order chi connectivity index (χ1) is 13.1. The fraction of sp³-hybridized carbons (Fsp3) is 0.280. The third kappa shape index (κ3) is 3.55. The van der Waals surface area contributed by atoms with Crippen LogP contribution in [0, 0.1) is 0 Å². The van der Waals surface area contributed by atoms with Gasteiger partial charge in [0.05, 0.1) is 11.1 Å². The van der Waals surface area contributed by atoms with E-state index in [0.717, 1.165) is 19.6 Å². The van der Waals surface area contributed by atoms with Crippen LogP contribution in [-0.2, 0) is 17.6 Å². The molecule has 3 aromatic rings. The zero-order chi connectivity index (χ0) is 18.7. The van der Waals surface area contributed by atoms with Gasteiger partial charge in [-0.25, -0.2) is 0 Å². The molecule has 0 radical (unpaired) electrons. The van der Waals surface area contributed by atoms with Crippen molar-refractivity contribution < 1.29 is 0 Å². The average molecular weight is 357 g/mol. The lowest BCUT2D eigenvalue weighted by Crippen LogP contribution is -2.64. The van der Waals surface area contributed by atoms with E-state index in [2.05, 4.69) is 115 Å². The molecule has 0 amide bonds. The minimum absolute atomic E-state index is 0.0502. The van der Waals surface area contributed by atoms with Crippen LogP contribution in [0.5, 0.6) is 0 Å². The van der Waals surface area contributed by atoms with E-state index in [-0.39, 0.29) is 11.1 Å².